The van der Waals surface area contributed by atoms with Crippen molar-refractivity contribution in [2.24, 2.45) is 10.8 Å². The van der Waals surface area contributed by atoms with Crippen LogP contribution in [0.5, 0.6) is 0 Å². The number of phosphoric acid groups is 6. The van der Waals surface area contributed by atoms with Gasteiger partial charge in [0.15, 0.2) is 45.6 Å². The zero-order chi connectivity index (χ0) is 79.6. The summed E-state index contributed by atoms with van der Waals surface area (Å²) >= 11 is 2.19. The van der Waals surface area contributed by atoms with E-state index in [0.717, 1.165) is 70.8 Å². The minimum atomic E-state index is -5.56. The van der Waals surface area contributed by atoms with Crippen molar-refractivity contribution < 1.29 is 161 Å². The molecule has 2 saturated heterocycles. The number of aliphatic hydroxyl groups excluding tert-OH is 4. The number of hydrogen-bond donors (Lipinski definition) is 18. The van der Waals surface area contributed by atoms with Crippen LogP contribution < -0.4 is 32.7 Å². The molecule has 0 bridgehead atoms. The zero-order valence-corrected chi connectivity index (χ0v) is 64.0. The number of ether oxygens (including phenoxy) is 2. The molecule has 56 heteroatoms. The first kappa shape index (κ1) is 91.7. The number of nitrogen functional groups attached to an aromatic ring is 2. The highest BCUT2D eigenvalue weighted by atomic mass is 32.2. The lowest BCUT2D eigenvalue weighted by Crippen LogP contribution is -2.46. The van der Waals surface area contributed by atoms with Crippen molar-refractivity contribution in [1.82, 2.24) is 60.3 Å². The molecule has 4 unspecified atom stereocenters. The number of aliphatic hydroxyl groups is 4. The van der Waals surface area contributed by atoms with Crippen LogP contribution in [-0.2, 0) is 101 Å². The van der Waals surface area contributed by atoms with Gasteiger partial charge in [0.05, 0.1) is 39.1 Å². The number of nitrogens with zero attached hydrogens (tertiary/aromatic N) is 8. The first-order valence-electron chi connectivity index (χ1n) is 31.2. The maximum absolute atomic E-state index is 12.6. The third kappa shape index (κ3) is 29.1. The molecule has 600 valence electrons. The standard InChI is InChI=1S/2C25H42N7O17P3S/c2*1-4-5-16(34)53-9-8-27-15(33)6-7-28-23(37)20(36)25(2,3)11-46-52(43,44)49-51(41,42)45-10-14-19(48-50(38,39)40)18(35)24(47-14)32-13-31-17-21(26)29-12-30-22(17)32/h2*12-14,18-20,24,35-36H,4-11H2,1-3H3,(H,27,33)(H,28,37)(H,41,42)(H,43,44)(H2,26,29,30)(H2,38,39,40)/t2*14-,18-,19-,20+,24-/m11/s1. The molecule has 20 N–H and O–H groups in total. The van der Waals surface area contributed by atoms with Crippen molar-refractivity contribution in [3.05, 3.63) is 25.3 Å². The molecule has 0 radical (unpaired) electrons. The van der Waals surface area contributed by atoms with Gasteiger partial charge in [-0.15, -0.1) is 0 Å². The molecule has 4 aromatic rings. The number of fused-ring (bicyclic) bond motifs is 2. The largest absolute Gasteiger partial charge is 0.481 e. The fourth-order valence-corrected chi connectivity index (χ4v) is 16.4. The summed E-state index contributed by atoms with van der Waals surface area (Å²) in [4.78, 5) is 174. The Morgan fingerprint density at radius 3 is 1.20 bits per heavy atom. The first-order chi connectivity index (χ1) is 49.1. The van der Waals surface area contributed by atoms with Crippen LogP contribution in [0.25, 0.3) is 22.3 Å². The van der Waals surface area contributed by atoms with Crippen LogP contribution in [0.2, 0.25) is 0 Å². The van der Waals surface area contributed by atoms with Gasteiger partial charge >= 0.3 is 46.9 Å². The predicted octanol–water partition coefficient (Wildman–Crippen LogP) is -1.07. The van der Waals surface area contributed by atoms with E-state index in [1.165, 1.54) is 27.7 Å². The Kier molecular flexibility index (Phi) is 34.5. The number of aromatic nitrogens is 8. The minimum absolute atomic E-state index is 0.0127. The Morgan fingerprint density at radius 1 is 0.528 bits per heavy atom. The molecular formula is C50H84N14O34P6S2. The molecule has 106 heavy (non-hydrogen) atoms. The predicted molar refractivity (Wildman–Crippen MR) is 364 cm³/mol. The summed E-state index contributed by atoms with van der Waals surface area (Å²) in [5.74, 6) is -2.11. The highest BCUT2D eigenvalue weighted by Crippen LogP contribution is 2.63. The lowest BCUT2D eigenvalue weighted by atomic mass is 9.87. The average Bonchev–Trinajstić information content (AvgIpc) is 1.62. The van der Waals surface area contributed by atoms with Gasteiger partial charge in [-0.05, 0) is 12.8 Å². The van der Waals surface area contributed by atoms with Crippen LogP contribution in [0.15, 0.2) is 25.3 Å². The molecular weight excluding hydrogens is 1590 g/mol. The van der Waals surface area contributed by atoms with E-state index in [1.54, 1.807) is 0 Å². The van der Waals surface area contributed by atoms with Crippen LogP contribution in [0, 0.1) is 10.8 Å². The van der Waals surface area contributed by atoms with E-state index in [9.17, 15) is 116 Å². The van der Waals surface area contributed by atoms with Crippen LogP contribution in [-0.4, -0.2) is 245 Å². The molecule has 2 fully saturated rings. The van der Waals surface area contributed by atoms with Crippen molar-refractivity contribution in [2.45, 2.75) is 141 Å². The molecule has 4 aromatic heterocycles. The molecule has 6 rings (SSSR count). The fraction of sp³-hybridized carbons (Fsp3) is 0.680. The van der Waals surface area contributed by atoms with Gasteiger partial charge in [-0.1, -0.05) is 65.1 Å². The molecule has 0 saturated carbocycles. The minimum Gasteiger partial charge on any atom is -0.386 e. The Morgan fingerprint density at radius 2 is 0.868 bits per heavy atom. The van der Waals surface area contributed by atoms with Gasteiger partial charge in [0.1, 0.15) is 72.5 Å². The Balaban J connectivity index is 0.000000381. The SMILES string of the molecule is CCCC(=O)SCCNC(=O)CCNC(=O)[C@H](O)C(C)(C)COP(=O)(O)OP(=O)(O)OC[C@H]1O[C@@H](n2cnc3c(N)ncnc32)[C@H](O)[C@@H]1OP(=O)(O)O.CCCC(=O)SCCNC(=O)CCNC(=O)[C@H](O)C(C)(C)COP(=O)(O)OP(=O)(O)OC[C@H]1O[C@@H](n2cnc3c(N)ncnc32)[C@H](O)[C@@H]1OP(=O)(O)O. The van der Waals surface area contributed by atoms with Crippen LogP contribution >= 0.6 is 70.5 Å². The van der Waals surface area contributed by atoms with Crippen molar-refractivity contribution in [3.63, 3.8) is 0 Å². The Bertz CT molecular complexity index is 3740. The van der Waals surface area contributed by atoms with E-state index in [4.69, 9.17) is 39.0 Å². The number of thioether (sulfide) groups is 2. The van der Waals surface area contributed by atoms with E-state index in [2.05, 4.69) is 68.8 Å². The number of hydrogen-bond acceptors (Lipinski definition) is 36. The molecule has 48 nitrogen and oxygen atoms in total. The number of carbonyl (C=O) groups is 6. The normalized spacial score (nSPS) is 22.2. The maximum Gasteiger partial charge on any atom is 0.481 e. The zero-order valence-electron chi connectivity index (χ0n) is 57.0. The number of imidazole rings is 2. The van der Waals surface area contributed by atoms with Crippen molar-refractivity contribution in [3.8, 4) is 0 Å². The van der Waals surface area contributed by atoms with E-state index in [-0.39, 0.29) is 83.2 Å². The Labute approximate surface area is 610 Å². The highest BCUT2D eigenvalue weighted by molar-refractivity contribution is 8.13. The van der Waals surface area contributed by atoms with Gasteiger partial charge in [-0.25, -0.2) is 57.3 Å². The highest BCUT2D eigenvalue weighted by Gasteiger charge is 2.53. The first-order valence-corrected chi connectivity index (χ1v) is 42.2. The summed E-state index contributed by atoms with van der Waals surface area (Å²) in [7, 11) is -32.7. The topological polar surface area (TPSA) is 727 Å². The molecule has 2 aliphatic heterocycles. The third-order valence-electron chi connectivity index (χ3n) is 14.4. The summed E-state index contributed by atoms with van der Waals surface area (Å²) in [5.41, 5.74) is 8.53. The summed E-state index contributed by atoms with van der Waals surface area (Å²) in [5, 5.41) is 52.6. The maximum atomic E-state index is 12.6. The number of nitrogens with one attached hydrogen (secondary N) is 4. The molecule has 0 aromatic carbocycles. The van der Waals surface area contributed by atoms with E-state index < -0.39 is 169 Å². The number of phosphoric ester groups is 6. The number of amides is 4. The van der Waals surface area contributed by atoms with Crippen molar-refractivity contribution in [2.75, 3.05) is 75.6 Å². The van der Waals surface area contributed by atoms with Gasteiger partial charge < -0.3 is 102 Å². The Hall–Kier alpha value is -4.88. The second-order valence-corrected chi connectivity index (χ2v) is 34.9. The second-order valence-electron chi connectivity index (χ2n) is 24.1. The van der Waals surface area contributed by atoms with Crippen LogP contribution in [0.3, 0.4) is 0 Å². The van der Waals surface area contributed by atoms with Gasteiger partial charge in [0.25, 0.3) is 0 Å². The van der Waals surface area contributed by atoms with Gasteiger partial charge in [0.2, 0.25) is 23.6 Å². The van der Waals surface area contributed by atoms with Gasteiger partial charge in [0, 0.05) is 74.2 Å². The number of anilines is 2. The van der Waals surface area contributed by atoms with Gasteiger partial charge in [-0.3, -0.25) is 65.0 Å². The molecule has 6 heterocycles. The summed E-state index contributed by atoms with van der Waals surface area (Å²) in [6, 6.07) is 0. The summed E-state index contributed by atoms with van der Waals surface area (Å²) in [6.45, 7) is 4.83. The summed E-state index contributed by atoms with van der Waals surface area (Å²) < 4.78 is 124. The molecule has 4 amide bonds. The van der Waals surface area contributed by atoms with Crippen LogP contribution in [0.4, 0.5) is 11.6 Å². The van der Waals surface area contributed by atoms with Crippen molar-refractivity contribution in [1.29, 1.82) is 0 Å². The molecule has 14 atom stereocenters. The smallest absolute Gasteiger partial charge is 0.386 e. The van der Waals surface area contributed by atoms with E-state index in [1.807, 2.05) is 13.8 Å². The average molecular weight is 1680 g/mol. The lowest BCUT2D eigenvalue weighted by molar-refractivity contribution is -0.137. The van der Waals surface area contributed by atoms with Crippen molar-refractivity contribution >= 4 is 138 Å². The number of rotatable bonds is 42. The number of nitrogens with two attached hydrogens (primary N) is 2. The molecule has 0 spiro atoms. The van der Waals surface area contributed by atoms with E-state index >= 15 is 0 Å². The second kappa shape index (κ2) is 39.8. The van der Waals surface area contributed by atoms with E-state index in [0.29, 0.717) is 24.3 Å². The van der Waals surface area contributed by atoms with Crippen LogP contribution in [0.1, 0.15) is 92.5 Å². The molecule has 2 aliphatic rings. The molecule has 0 aliphatic carbocycles. The monoisotopic (exact) mass is 1670 g/mol. The quantitative estimate of drug-likeness (QED) is 0.0185. The van der Waals surface area contributed by atoms with Gasteiger partial charge in [-0.2, -0.15) is 8.62 Å². The number of carbonyl (C=O) groups excluding carboxylic acids is 6. The lowest BCUT2D eigenvalue weighted by Gasteiger charge is -2.30. The third-order valence-corrected chi connectivity index (χ3v) is 22.5. The summed E-state index contributed by atoms with van der Waals surface area (Å²) in [6.07, 6.45) is -11.5. The fourth-order valence-electron chi connectivity index (χ4n) is 9.14.